The summed E-state index contributed by atoms with van der Waals surface area (Å²) in [5, 5.41) is 11.1. The van der Waals surface area contributed by atoms with E-state index in [-0.39, 0.29) is 17.9 Å². The van der Waals surface area contributed by atoms with Crippen molar-refractivity contribution in [3.63, 3.8) is 0 Å². The molecule has 0 spiro atoms. The number of halogens is 3. The zero-order valence-electron chi connectivity index (χ0n) is 19.7. The minimum absolute atomic E-state index is 0.0992. The number of rotatable bonds is 7. The third kappa shape index (κ3) is 7.12. The lowest BCUT2D eigenvalue weighted by atomic mass is 10.0. The molecule has 2 aromatic carbocycles. The molecule has 36 heavy (non-hydrogen) atoms. The molecule has 0 bridgehead atoms. The highest BCUT2D eigenvalue weighted by Crippen LogP contribution is 2.27. The van der Waals surface area contributed by atoms with Crippen LogP contribution < -0.4 is 10.1 Å². The first-order valence-electron chi connectivity index (χ1n) is 11.3. The molecule has 1 aliphatic heterocycles. The van der Waals surface area contributed by atoms with Crippen molar-refractivity contribution in [1.82, 2.24) is 10.2 Å². The molecule has 2 amide bonds. The number of nitrogens with one attached hydrogen (secondary N) is 1. The van der Waals surface area contributed by atoms with Gasteiger partial charge in [0.25, 0.3) is 0 Å². The van der Waals surface area contributed by atoms with Crippen LogP contribution in [0.3, 0.4) is 0 Å². The van der Waals surface area contributed by atoms with Gasteiger partial charge in [-0.1, -0.05) is 29.8 Å². The van der Waals surface area contributed by atoms with Crippen LogP contribution in [0.4, 0.5) is 18.0 Å². The van der Waals surface area contributed by atoms with Gasteiger partial charge in [-0.25, -0.2) is 9.59 Å². The van der Waals surface area contributed by atoms with Gasteiger partial charge in [0, 0.05) is 6.54 Å². The van der Waals surface area contributed by atoms with Crippen LogP contribution in [-0.2, 0) is 9.53 Å². The van der Waals surface area contributed by atoms with Crippen LogP contribution in [0.15, 0.2) is 48.5 Å². The molecule has 0 aliphatic carbocycles. The van der Waals surface area contributed by atoms with Gasteiger partial charge in [0.2, 0.25) is 0 Å². The van der Waals surface area contributed by atoms with Crippen LogP contribution in [0, 0.1) is 6.92 Å². The maximum Gasteiger partial charge on any atom is 0.471 e. The van der Waals surface area contributed by atoms with E-state index in [0.29, 0.717) is 24.9 Å². The second-order valence-electron chi connectivity index (χ2n) is 8.63. The smallest absolute Gasteiger partial charge is 0.471 e. The Morgan fingerprint density at radius 2 is 1.72 bits per heavy atom. The predicted molar refractivity (Wildman–Crippen MR) is 123 cm³/mol. The summed E-state index contributed by atoms with van der Waals surface area (Å²) < 4.78 is 49.7. The highest BCUT2D eigenvalue weighted by molar-refractivity contribution is 5.89. The number of hydrogen-bond acceptors (Lipinski definition) is 5. The molecule has 1 fully saturated rings. The molecule has 8 nitrogen and oxygen atoms in total. The average Bonchev–Trinajstić information content (AvgIpc) is 2.83. The van der Waals surface area contributed by atoms with E-state index in [4.69, 9.17) is 14.6 Å². The monoisotopic (exact) mass is 508 g/mol. The molecule has 3 atom stereocenters. The molecule has 1 saturated heterocycles. The Kier molecular flexibility index (Phi) is 8.44. The Morgan fingerprint density at radius 3 is 2.31 bits per heavy atom. The van der Waals surface area contributed by atoms with Gasteiger partial charge in [-0.3, -0.25) is 4.79 Å². The zero-order valence-corrected chi connectivity index (χ0v) is 19.7. The van der Waals surface area contributed by atoms with Crippen LogP contribution in [0.2, 0.25) is 0 Å². The summed E-state index contributed by atoms with van der Waals surface area (Å²) in [6, 6.07) is 11.8. The molecule has 11 heteroatoms. The van der Waals surface area contributed by atoms with Crippen molar-refractivity contribution in [3.05, 3.63) is 65.2 Å². The number of piperidine rings is 1. The Morgan fingerprint density at radius 1 is 1.08 bits per heavy atom. The van der Waals surface area contributed by atoms with E-state index in [9.17, 15) is 27.6 Å². The Bertz CT molecular complexity index is 1070. The lowest BCUT2D eigenvalue weighted by molar-refractivity contribution is -0.174. The van der Waals surface area contributed by atoms with Gasteiger partial charge in [0.1, 0.15) is 18.0 Å². The second-order valence-corrected chi connectivity index (χ2v) is 8.63. The van der Waals surface area contributed by atoms with Crippen molar-refractivity contribution in [2.75, 3.05) is 13.1 Å². The number of likely N-dealkylation sites (tertiary alicyclic amines) is 1. The van der Waals surface area contributed by atoms with Gasteiger partial charge in [-0.05, 0) is 56.5 Å². The van der Waals surface area contributed by atoms with Crippen LogP contribution in [0.25, 0.3) is 0 Å². The van der Waals surface area contributed by atoms with Gasteiger partial charge >= 0.3 is 24.1 Å². The number of alkyl halides is 3. The summed E-state index contributed by atoms with van der Waals surface area (Å²) in [6.45, 7) is 3.75. The van der Waals surface area contributed by atoms with Gasteiger partial charge in [-0.15, -0.1) is 0 Å². The first kappa shape index (κ1) is 26.8. The zero-order chi connectivity index (χ0) is 26.5. The molecule has 0 aromatic heterocycles. The predicted octanol–water partition coefficient (Wildman–Crippen LogP) is 4.48. The Hall–Kier alpha value is -3.76. The van der Waals surface area contributed by atoms with Crippen molar-refractivity contribution < 1.29 is 42.1 Å². The van der Waals surface area contributed by atoms with Gasteiger partial charge < -0.3 is 24.8 Å². The fourth-order valence-corrected chi connectivity index (χ4v) is 3.82. The quantitative estimate of drug-likeness (QED) is 0.535. The van der Waals surface area contributed by atoms with Crippen molar-refractivity contribution in [3.8, 4) is 5.75 Å². The van der Waals surface area contributed by atoms with Crippen LogP contribution in [0.5, 0.6) is 5.75 Å². The molecule has 1 aliphatic rings. The topological polar surface area (TPSA) is 105 Å². The SMILES string of the molecule is Cc1ccc([C@@H](Oc2ccc(C(=O)O[C@H]3CCCN(C(=O)O)C3)cc2)[C@H](C)NC(=O)C(F)(F)F)cc1. The van der Waals surface area contributed by atoms with Crippen LogP contribution in [0.1, 0.15) is 47.4 Å². The van der Waals surface area contributed by atoms with E-state index in [0.717, 1.165) is 5.56 Å². The highest BCUT2D eigenvalue weighted by Gasteiger charge is 2.40. The minimum atomic E-state index is -5.03. The lowest BCUT2D eigenvalue weighted by Gasteiger charge is -2.30. The number of nitrogens with zero attached hydrogens (tertiary/aromatic N) is 1. The summed E-state index contributed by atoms with van der Waals surface area (Å²) >= 11 is 0. The number of amides is 2. The number of carbonyl (C=O) groups is 3. The summed E-state index contributed by atoms with van der Waals surface area (Å²) in [6.07, 6.45) is -6.47. The maximum absolute atomic E-state index is 12.8. The number of benzene rings is 2. The fourth-order valence-electron chi connectivity index (χ4n) is 3.82. The first-order valence-corrected chi connectivity index (χ1v) is 11.3. The average molecular weight is 508 g/mol. The van der Waals surface area contributed by atoms with E-state index in [2.05, 4.69) is 0 Å². The summed E-state index contributed by atoms with van der Waals surface area (Å²) in [5.74, 6) is -2.43. The van der Waals surface area contributed by atoms with Gasteiger partial charge in [-0.2, -0.15) is 13.2 Å². The van der Waals surface area contributed by atoms with Gasteiger partial charge in [0.15, 0.2) is 0 Å². The lowest BCUT2D eigenvalue weighted by Crippen LogP contribution is -2.45. The third-order valence-electron chi connectivity index (χ3n) is 5.75. The molecular weight excluding hydrogens is 481 g/mol. The number of esters is 1. The number of ether oxygens (including phenoxy) is 2. The largest absolute Gasteiger partial charge is 0.484 e. The highest BCUT2D eigenvalue weighted by atomic mass is 19.4. The van der Waals surface area contributed by atoms with E-state index in [1.54, 1.807) is 24.3 Å². The Balaban J connectivity index is 1.70. The number of hydrogen-bond donors (Lipinski definition) is 2. The minimum Gasteiger partial charge on any atom is -0.484 e. The van der Waals surface area contributed by atoms with E-state index < -0.39 is 42.4 Å². The van der Waals surface area contributed by atoms with E-state index in [1.165, 1.54) is 36.1 Å². The standard InChI is InChI=1S/C25H27F3N2O6/c1-15-5-7-17(8-6-15)21(16(2)29-23(32)25(26,27)28)35-19-11-9-18(10-12-19)22(31)36-20-4-3-13-30(14-20)24(33)34/h5-12,16,20-21H,3-4,13-14H2,1-2H3,(H,29,32)(H,33,34)/t16-,20-,21-/m0/s1. The van der Waals surface area contributed by atoms with E-state index in [1.807, 2.05) is 12.2 Å². The van der Waals surface area contributed by atoms with Gasteiger partial charge in [0.05, 0.1) is 18.2 Å². The molecule has 0 unspecified atom stereocenters. The molecule has 3 rings (SSSR count). The normalized spacial score (nSPS) is 17.6. The molecule has 2 aromatic rings. The van der Waals surface area contributed by atoms with Crippen molar-refractivity contribution in [2.24, 2.45) is 0 Å². The fraction of sp³-hybridized carbons (Fsp3) is 0.400. The maximum atomic E-state index is 12.8. The van der Waals surface area contributed by atoms with Crippen molar-refractivity contribution >= 4 is 18.0 Å². The van der Waals surface area contributed by atoms with Crippen molar-refractivity contribution in [1.29, 1.82) is 0 Å². The molecule has 0 saturated carbocycles. The third-order valence-corrected chi connectivity index (χ3v) is 5.75. The number of carboxylic acid groups (broad SMARTS) is 1. The number of carbonyl (C=O) groups excluding carboxylic acids is 2. The summed E-state index contributed by atoms with van der Waals surface area (Å²) in [4.78, 5) is 36.3. The first-order chi connectivity index (χ1) is 16.9. The molecule has 194 valence electrons. The molecule has 0 radical (unpaired) electrons. The van der Waals surface area contributed by atoms with E-state index >= 15 is 0 Å². The summed E-state index contributed by atoms with van der Waals surface area (Å²) in [7, 11) is 0. The molecule has 1 heterocycles. The molecule has 2 N–H and O–H groups in total. The molecular formula is C25H27F3N2O6. The number of aryl methyl sites for hydroxylation is 1. The summed E-state index contributed by atoms with van der Waals surface area (Å²) in [5.41, 5.74) is 1.70. The van der Waals surface area contributed by atoms with Crippen molar-refractivity contribution in [2.45, 2.75) is 51.1 Å². The van der Waals surface area contributed by atoms with Crippen LogP contribution in [-0.4, -0.2) is 59.4 Å². The second kappa shape index (κ2) is 11.3. The van der Waals surface area contributed by atoms with Crippen LogP contribution >= 0.6 is 0 Å². The Labute approximate surface area is 206 Å².